The molecule has 2 aliphatic heterocycles. The van der Waals surface area contributed by atoms with E-state index in [-0.39, 0.29) is 23.8 Å². The van der Waals surface area contributed by atoms with Crippen LogP contribution in [0.3, 0.4) is 0 Å². The summed E-state index contributed by atoms with van der Waals surface area (Å²) in [6.07, 6.45) is 2.45. The van der Waals surface area contributed by atoms with Gasteiger partial charge in [0.05, 0.1) is 16.7 Å². The number of para-hydroxylation sites is 1. The van der Waals surface area contributed by atoms with E-state index in [2.05, 4.69) is 15.3 Å². The molecule has 0 radical (unpaired) electrons. The van der Waals surface area contributed by atoms with Gasteiger partial charge in [0.25, 0.3) is 11.8 Å². The van der Waals surface area contributed by atoms with Crippen molar-refractivity contribution in [2.75, 3.05) is 19.6 Å². The van der Waals surface area contributed by atoms with Crippen molar-refractivity contribution in [3.8, 4) is 0 Å². The van der Waals surface area contributed by atoms with Crippen molar-refractivity contribution in [2.24, 2.45) is 5.92 Å². The van der Waals surface area contributed by atoms with Gasteiger partial charge in [-0.2, -0.15) is 0 Å². The molecule has 2 saturated heterocycles. The van der Waals surface area contributed by atoms with Gasteiger partial charge in [0.2, 0.25) is 0 Å². The second-order valence-corrected chi connectivity index (χ2v) is 10.2. The first-order valence-electron chi connectivity index (χ1n) is 12.1. The lowest BCUT2D eigenvalue weighted by molar-refractivity contribution is -0.134. The molecular weight excluding hydrogens is 462 g/mol. The van der Waals surface area contributed by atoms with Gasteiger partial charge in [-0.1, -0.05) is 31.2 Å². The third-order valence-electron chi connectivity index (χ3n) is 7.46. The molecule has 8 nitrogen and oxygen atoms in total. The van der Waals surface area contributed by atoms with Gasteiger partial charge in [0.15, 0.2) is 0 Å². The highest BCUT2D eigenvalue weighted by molar-refractivity contribution is 7.09. The Morgan fingerprint density at radius 2 is 1.94 bits per heavy atom. The van der Waals surface area contributed by atoms with Crippen LogP contribution in [-0.2, 0) is 11.2 Å². The maximum atomic E-state index is 13.5. The van der Waals surface area contributed by atoms with E-state index in [0.29, 0.717) is 51.0 Å². The molecule has 4 heterocycles. The van der Waals surface area contributed by atoms with Gasteiger partial charge < -0.3 is 10.2 Å². The van der Waals surface area contributed by atoms with Crippen molar-refractivity contribution in [2.45, 2.75) is 45.1 Å². The summed E-state index contributed by atoms with van der Waals surface area (Å²) < 4.78 is 0. The number of hydrogen-bond donors (Lipinski definition) is 1. The average Bonchev–Trinajstić information content (AvgIpc) is 3.41. The molecule has 0 bridgehead atoms. The Morgan fingerprint density at radius 3 is 2.66 bits per heavy atom. The van der Waals surface area contributed by atoms with Crippen molar-refractivity contribution in [3.05, 3.63) is 58.2 Å². The van der Waals surface area contributed by atoms with Crippen LogP contribution in [0.1, 0.15) is 47.2 Å². The van der Waals surface area contributed by atoms with Crippen LogP contribution in [0, 0.1) is 12.8 Å². The average molecular weight is 492 g/mol. The number of benzene rings is 1. The number of rotatable bonds is 6. The molecule has 9 heteroatoms. The Labute approximate surface area is 208 Å². The van der Waals surface area contributed by atoms with Gasteiger partial charge in [-0.3, -0.25) is 14.5 Å². The zero-order chi connectivity index (χ0) is 24.6. The van der Waals surface area contributed by atoms with Crippen molar-refractivity contribution in [3.63, 3.8) is 0 Å². The number of hydrogen-bond acceptors (Lipinski definition) is 6. The van der Waals surface area contributed by atoms with E-state index in [4.69, 9.17) is 0 Å². The smallest absolute Gasteiger partial charge is 0.325 e. The topological polar surface area (TPSA) is 95.5 Å². The van der Waals surface area contributed by atoms with Crippen LogP contribution in [0.15, 0.2) is 41.9 Å². The molecule has 4 amide bonds. The lowest BCUT2D eigenvalue weighted by Gasteiger charge is -2.40. The number of aryl methyl sites for hydroxylation is 1. The number of carbonyl (C=O) groups is 3. The van der Waals surface area contributed by atoms with Gasteiger partial charge in [-0.25, -0.2) is 14.8 Å². The van der Waals surface area contributed by atoms with E-state index in [1.54, 1.807) is 22.9 Å². The van der Waals surface area contributed by atoms with Crippen LogP contribution < -0.4 is 5.32 Å². The second-order valence-electron chi connectivity index (χ2n) is 9.28. The lowest BCUT2D eigenvalue weighted by atomic mass is 9.75. The number of fused-ring (bicyclic) bond motifs is 1. The number of amides is 4. The molecule has 2 fully saturated rings. The number of carbonyl (C=O) groups excluding carboxylic acids is 3. The number of urea groups is 1. The van der Waals surface area contributed by atoms with E-state index < -0.39 is 5.54 Å². The maximum Gasteiger partial charge on any atom is 0.325 e. The highest BCUT2D eigenvalue weighted by Gasteiger charge is 2.54. The fourth-order valence-corrected chi connectivity index (χ4v) is 6.13. The zero-order valence-corrected chi connectivity index (χ0v) is 20.8. The first kappa shape index (κ1) is 23.4. The summed E-state index contributed by atoms with van der Waals surface area (Å²) in [4.78, 5) is 52.5. The first-order chi connectivity index (χ1) is 16.9. The third-order valence-corrected chi connectivity index (χ3v) is 8.46. The highest BCUT2D eigenvalue weighted by Crippen LogP contribution is 2.36. The predicted molar refractivity (Wildman–Crippen MR) is 134 cm³/mol. The van der Waals surface area contributed by atoms with Crippen LogP contribution in [0.4, 0.5) is 4.79 Å². The van der Waals surface area contributed by atoms with E-state index in [0.717, 1.165) is 21.5 Å². The van der Waals surface area contributed by atoms with Crippen molar-refractivity contribution < 1.29 is 14.4 Å². The Hall–Kier alpha value is -3.33. The Balaban J connectivity index is 1.25. The second kappa shape index (κ2) is 9.37. The summed E-state index contributed by atoms with van der Waals surface area (Å²) in [5, 5.41) is 4.03. The van der Waals surface area contributed by atoms with Crippen LogP contribution in [-0.4, -0.2) is 62.8 Å². The number of aromatic nitrogens is 2. The molecule has 3 aromatic rings. The fraction of sp³-hybridized carbons (Fsp3) is 0.423. The van der Waals surface area contributed by atoms with E-state index >= 15 is 0 Å². The molecule has 1 unspecified atom stereocenters. The number of piperidine rings is 1. The summed E-state index contributed by atoms with van der Waals surface area (Å²) in [6, 6.07) is 11.1. The van der Waals surface area contributed by atoms with Crippen LogP contribution in [0.2, 0.25) is 0 Å². The van der Waals surface area contributed by atoms with Gasteiger partial charge >= 0.3 is 6.03 Å². The first-order valence-corrected chi connectivity index (χ1v) is 13.0. The summed E-state index contributed by atoms with van der Waals surface area (Å²) in [5.74, 6) is -0.260. The van der Waals surface area contributed by atoms with Crippen molar-refractivity contribution >= 4 is 40.1 Å². The monoisotopic (exact) mass is 491 g/mol. The summed E-state index contributed by atoms with van der Waals surface area (Å²) in [6.45, 7) is 5.30. The van der Waals surface area contributed by atoms with Gasteiger partial charge in [-0.05, 0) is 44.2 Å². The lowest BCUT2D eigenvalue weighted by Crippen LogP contribution is -2.56. The van der Waals surface area contributed by atoms with E-state index in [1.165, 1.54) is 4.90 Å². The van der Waals surface area contributed by atoms with Gasteiger partial charge in [0, 0.05) is 36.3 Å². The number of likely N-dealkylation sites (tertiary alicyclic amines) is 1. The van der Waals surface area contributed by atoms with Crippen LogP contribution in [0.25, 0.3) is 10.9 Å². The normalized spacial score (nSPS) is 21.1. The van der Waals surface area contributed by atoms with Crippen molar-refractivity contribution in [1.29, 1.82) is 0 Å². The standard InChI is InChI=1S/C26H29N5O3S/c1-3-26(24(33)31(25(34)29-26)15-12-22-17(2)27-16-35-22)19-10-13-30(14-11-19)23(32)21-9-8-18-6-4-5-7-20(18)28-21/h4-9,16,19H,3,10-15H2,1-2H3,(H,29,34). The third kappa shape index (κ3) is 4.18. The number of imide groups is 1. The maximum absolute atomic E-state index is 13.5. The number of nitrogens with zero attached hydrogens (tertiary/aromatic N) is 4. The Kier molecular flexibility index (Phi) is 6.27. The fourth-order valence-electron chi connectivity index (χ4n) is 5.35. The predicted octanol–water partition coefficient (Wildman–Crippen LogP) is 3.80. The molecule has 5 rings (SSSR count). The molecular formula is C26H29N5O3S. The van der Waals surface area contributed by atoms with Gasteiger partial charge in [0.1, 0.15) is 11.2 Å². The number of thiazole rings is 1. The Morgan fingerprint density at radius 1 is 1.17 bits per heavy atom. The molecule has 35 heavy (non-hydrogen) atoms. The molecule has 0 spiro atoms. The van der Waals surface area contributed by atoms with E-state index in [1.807, 2.05) is 49.1 Å². The molecule has 1 N–H and O–H groups in total. The molecule has 0 aliphatic carbocycles. The molecule has 0 saturated carbocycles. The number of nitrogens with one attached hydrogen (secondary N) is 1. The van der Waals surface area contributed by atoms with Crippen LogP contribution >= 0.6 is 11.3 Å². The minimum Gasteiger partial charge on any atom is -0.337 e. The minimum absolute atomic E-state index is 0.0206. The largest absolute Gasteiger partial charge is 0.337 e. The quantitative estimate of drug-likeness (QED) is 0.529. The van der Waals surface area contributed by atoms with Gasteiger partial charge in [-0.15, -0.1) is 11.3 Å². The van der Waals surface area contributed by atoms with E-state index in [9.17, 15) is 14.4 Å². The minimum atomic E-state index is -0.907. The summed E-state index contributed by atoms with van der Waals surface area (Å²) in [5.41, 5.74) is 3.06. The molecule has 2 aromatic heterocycles. The molecule has 182 valence electrons. The summed E-state index contributed by atoms with van der Waals surface area (Å²) >= 11 is 1.55. The Bertz CT molecular complexity index is 1280. The van der Waals surface area contributed by atoms with Crippen molar-refractivity contribution in [1.82, 2.24) is 25.1 Å². The zero-order valence-electron chi connectivity index (χ0n) is 20.0. The molecule has 1 aromatic carbocycles. The molecule has 1 atom stereocenters. The number of pyridine rings is 1. The van der Waals surface area contributed by atoms with Crippen LogP contribution in [0.5, 0.6) is 0 Å². The SMILES string of the molecule is CCC1(C2CCN(C(=O)c3ccc4ccccc4n3)CC2)NC(=O)N(CCc2scnc2C)C1=O. The summed E-state index contributed by atoms with van der Waals surface area (Å²) in [7, 11) is 0. The highest BCUT2D eigenvalue weighted by atomic mass is 32.1. The molecule has 2 aliphatic rings.